The molecule has 1 saturated heterocycles. The van der Waals surface area contributed by atoms with E-state index < -0.39 is 20.0 Å². The van der Waals surface area contributed by atoms with E-state index in [9.17, 15) is 16.8 Å². The van der Waals surface area contributed by atoms with Gasteiger partial charge in [-0.25, -0.2) is 16.8 Å². The topological polar surface area (TPSA) is 112 Å². The standard InChI is InChI=1S/C14H18N4O4S2/c1-10-14(11(2)16-15-10)24(21,22)17-12-4-6-13(7-5-12)18-8-3-9-23(18,19)20/h4-7,17H,3,8-9H2,1-2H3,(H,15,16). The fourth-order valence-corrected chi connectivity index (χ4v) is 5.76. The molecule has 2 aromatic rings. The van der Waals surface area contributed by atoms with Gasteiger partial charge >= 0.3 is 0 Å². The van der Waals surface area contributed by atoms with Crippen LogP contribution in [0.2, 0.25) is 0 Å². The summed E-state index contributed by atoms with van der Waals surface area (Å²) < 4.78 is 52.6. The van der Waals surface area contributed by atoms with E-state index in [-0.39, 0.29) is 10.6 Å². The molecule has 1 aromatic carbocycles. The molecule has 3 rings (SSSR count). The minimum Gasteiger partial charge on any atom is -0.281 e. The van der Waals surface area contributed by atoms with Gasteiger partial charge in [-0.1, -0.05) is 0 Å². The van der Waals surface area contributed by atoms with Gasteiger partial charge in [-0.15, -0.1) is 0 Å². The van der Waals surface area contributed by atoms with Crippen molar-refractivity contribution in [2.45, 2.75) is 25.2 Å². The highest BCUT2D eigenvalue weighted by atomic mass is 32.2. The Morgan fingerprint density at radius 2 is 1.88 bits per heavy atom. The maximum atomic E-state index is 12.5. The van der Waals surface area contributed by atoms with Gasteiger partial charge in [0.25, 0.3) is 10.0 Å². The Labute approximate surface area is 141 Å². The average Bonchev–Trinajstić information content (AvgIpc) is 3.01. The van der Waals surface area contributed by atoms with Crippen LogP contribution in [0.25, 0.3) is 0 Å². The van der Waals surface area contributed by atoms with Gasteiger partial charge in [0.05, 0.1) is 22.8 Å². The summed E-state index contributed by atoms with van der Waals surface area (Å²) in [6, 6.07) is 6.28. The molecule has 1 aromatic heterocycles. The molecule has 8 nitrogen and oxygen atoms in total. The Morgan fingerprint density at radius 3 is 2.38 bits per heavy atom. The zero-order chi connectivity index (χ0) is 17.5. The molecule has 2 N–H and O–H groups in total. The number of benzene rings is 1. The summed E-state index contributed by atoms with van der Waals surface area (Å²) in [4.78, 5) is 0.119. The van der Waals surface area contributed by atoms with Crippen molar-refractivity contribution in [3.8, 4) is 0 Å². The zero-order valence-electron chi connectivity index (χ0n) is 13.3. The van der Waals surface area contributed by atoms with E-state index in [1.165, 1.54) is 4.31 Å². The first-order chi connectivity index (χ1) is 11.2. The van der Waals surface area contributed by atoms with Crippen LogP contribution in [-0.4, -0.2) is 39.3 Å². The fraction of sp³-hybridized carbons (Fsp3) is 0.357. The number of rotatable bonds is 4. The highest BCUT2D eigenvalue weighted by molar-refractivity contribution is 7.93. The predicted molar refractivity (Wildman–Crippen MR) is 91.1 cm³/mol. The van der Waals surface area contributed by atoms with E-state index in [1.54, 1.807) is 38.1 Å². The quantitative estimate of drug-likeness (QED) is 0.844. The van der Waals surface area contributed by atoms with Crippen molar-refractivity contribution in [2.24, 2.45) is 0 Å². The van der Waals surface area contributed by atoms with Crippen LogP contribution >= 0.6 is 0 Å². The third-order valence-electron chi connectivity index (χ3n) is 3.84. The Kier molecular flexibility index (Phi) is 4.04. The lowest BCUT2D eigenvalue weighted by Gasteiger charge is -2.17. The second-order valence-electron chi connectivity index (χ2n) is 5.66. The number of sulfonamides is 2. The van der Waals surface area contributed by atoms with Crippen molar-refractivity contribution in [3.05, 3.63) is 35.7 Å². The van der Waals surface area contributed by atoms with Crippen molar-refractivity contribution in [1.29, 1.82) is 0 Å². The molecule has 0 atom stereocenters. The molecule has 0 bridgehead atoms. The summed E-state index contributed by atoms with van der Waals surface area (Å²) >= 11 is 0. The number of hydrogen-bond donors (Lipinski definition) is 2. The number of aromatic amines is 1. The first-order valence-corrected chi connectivity index (χ1v) is 10.4. The molecule has 0 unspecified atom stereocenters. The Balaban J connectivity index is 1.85. The van der Waals surface area contributed by atoms with E-state index in [4.69, 9.17) is 0 Å². The first kappa shape index (κ1) is 16.8. The third-order valence-corrected chi connectivity index (χ3v) is 7.35. The van der Waals surface area contributed by atoms with Gasteiger partial charge in [-0.3, -0.25) is 14.1 Å². The molecule has 0 aliphatic carbocycles. The largest absolute Gasteiger partial charge is 0.281 e. The zero-order valence-corrected chi connectivity index (χ0v) is 14.9. The summed E-state index contributed by atoms with van der Waals surface area (Å²) in [5.41, 5.74) is 1.74. The van der Waals surface area contributed by atoms with Crippen LogP contribution < -0.4 is 9.03 Å². The number of aryl methyl sites for hydroxylation is 2. The molecule has 24 heavy (non-hydrogen) atoms. The van der Waals surface area contributed by atoms with Gasteiger partial charge in [0.1, 0.15) is 4.90 Å². The van der Waals surface area contributed by atoms with Crippen LogP contribution in [0.15, 0.2) is 29.2 Å². The summed E-state index contributed by atoms with van der Waals surface area (Å²) in [6.45, 7) is 3.69. The normalized spacial score (nSPS) is 17.2. The number of anilines is 2. The van der Waals surface area contributed by atoms with Gasteiger partial charge in [0.15, 0.2) is 0 Å². The van der Waals surface area contributed by atoms with Crippen molar-refractivity contribution < 1.29 is 16.8 Å². The van der Waals surface area contributed by atoms with Gasteiger partial charge < -0.3 is 0 Å². The van der Waals surface area contributed by atoms with Crippen molar-refractivity contribution >= 4 is 31.4 Å². The summed E-state index contributed by atoms with van der Waals surface area (Å²) in [6.07, 6.45) is 0.593. The van der Waals surface area contributed by atoms with Crippen LogP contribution in [0.5, 0.6) is 0 Å². The van der Waals surface area contributed by atoms with Crippen LogP contribution in [0.3, 0.4) is 0 Å². The Hall–Kier alpha value is -2.07. The van der Waals surface area contributed by atoms with Gasteiger partial charge in [0, 0.05) is 12.2 Å². The van der Waals surface area contributed by atoms with E-state index in [1.807, 2.05) is 0 Å². The van der Waals surface area contributed by atoms with Gasteiger partial charge in [-0.2, -0.15) is 5.10 Å². The molecular weight excluding hydrogens is 352 g/mol. The number of aromatic nitrogens is 2. The second-order valence-corrected chi connectivity index (χ2v) is 9.29. The first-order valence-electron chi connectivity index (χ1n) is 7.35. The molecule has 130 valence electrons. The van der Waals surface area contributed by atoms with E-state index in [0.29, 0.717) is 35.7 Å². The third kappa shape index (κ3) is 2.98. The maximum Gasteiger partial charge on any atom is 0.265 e. The summed E-state index contributed by atoms with van der Waals surface area (Å²) in [5.74, 6) is 0.139. The highest BCUT2D eigenvalue weighted by Gasteiger charge is 2.28. The smallest absolute Gasteiger partial charge is 0.265 e. The minimum absolute atomic E-state index is 0.119. The molecule has 1 fully saturated rings. The van der Waals surface area contributed by atoms with Crippen LogP contribution in [0.4, 0.5) is 11.4 Å². The van der Waals surface area contributed by atoms with Crippen LogP contribution in [-0.2, 0) is 20.0 Å². The fourth-order valence-electron chi connectivity index (χ4n) is 2.77. The van der Waals surface area contributed by atoms with Crippen LogP contribution in [0, 0.1) is 13.8 Å². The average molecular weight is 370 g/mol. The maximum absolute atomic E-state index is 12.5. The molecule has 0 saturated carbocycles. The van der Waals surface area contributed by atoms with Crippen molar-refractivity contribution in [1.82, 2.24) is 10.2 Å². The highest BCUT2D eigenvalue weighted by Crippen LogP contribution is 2.27. The Bertz CT molecular complexity index is 943. The van der Waals surface area contributed by atoms with E-state index in [2.05, 4.69) is 14.9 Å². The molecule has 0 radical (unpaired) electrons. The molecule has 0 amide bonds. The number of H-pyrrole nitrogens is 1. The van der Waals surface area contributed by atoms with Gasteiger partial charge in [-0.05, 0) is 44.5 Å². The Morgan fingerprint density at radius 1 is 1.21 bits per heavy atom. The molecule has 0 spiro atoms. The molecule has 10 heteroatoms. The number of nitrogens with one attached hydrogen (secondary N) is 2. The van der Waals surface area contributed by atoms with E-state index in [0.717, 1.165) is 0 Å². The monoisotopic (exact) mass is 370 g/mol. The molecule has 1 aliphatic heterocycles. The van der Waals surface area contributed by atoms with Crippen LogP contribution in [0.1, 0.15) is 17.8 Å². The van der Waals surface area contributed by atoms with Crippen molar-refractivity contribution in [3.63, 3.8) is 0 Å². The minimum atomic E-state index is -3.76. The summed E-state index contributed by atoms with van der Waals surface area (Å²) in [7, 11) is -7.01. The molecule has 2 heterocycles. The van der Waals surface area contributed by atoms with Gasteiger partial charge in [0.2, 0.25) is 10.0 Å². The lowest BCUT2D eigenvalue weighted by Crippen LogP contribution is -2.25. The number of hydrogen-bond acceptors (Lipinski definition) is 5. The lowest BCUT2D eigenvalue weighted by molar-refractivity contribution is 0.598. The lowest BCUT2D eigenvalue weighted by atomic mass is 10.3. The SMILES string of the molecule is Cc1n[nH]c(C)c1S(=O)(=O)Nc1ccc(N2CCCS2(=O)=O)cc1. The second kappa shape index (κ2) is 5.78. The summed E-state index contributed by atoms with van der Waals surface area (Å²) in [5, 5.41) is 6.53. The van der Waals surface area contributed by atoms with Crippen molar-refractivity contribution in [2.75, 3.05) is 21.3 Å². The van der Waals surface area contributed by atoms with E-state index >= 15 is 0 Å². The molecular formula is C14H18N4O4S2. The number of nitrogens with zero attached hydrogens (tertiary/aromatic N) is 2. The molecule has 1 aliphatic rings. The predicted octanol–water partition coefficient (Wildman–Crippen LogP) is 1.37.